The minimum atomic E-state index is -0.125. The molecule has 0 aliphatic carbocycles. The molecule has 14 heavy (non-hydrogen) atoms. The number of hydrogen-bond acceptors (Lipinski definition) is 2. The summed E-state index contributed by atoms with van der Waals surface area (Å²) in [6.45, 7) is 8.95. The van der Waals surface area contributed by atoms with Gasteiger partial charge in [0.15, 0.2) is 5.96 Å². The van der Waals surface area contributed by atoms with Crippen molar-refractivity contribution in [1.29, 1.82) is 0 Å². The highest BCUT2D eigenvalue weighted by Crippen LogP contribution is 2.16. The van der Waals surface area contributed by atoms with E-state index in [0.717, 1.165) is 0 Å². The van der Waals surface area contributed by atoms with E-state index in [-0.39, 0.29) is 11.9 Å². The topological polar surface area (TPSA) is 53.5 Å². The van der Waals surface area contributed by atoms with E-state index in [1.807, 2.05) is 6.92 Å². The van der Waals surface area contributed by atoms with Crippen molar-refractivity contribution in [2.75, 3.05) is 6.54 Å². The van der Waals surface area contributed by atoms with Crippen LogP contribution in [-0.2, 0) is 4.79 Å². The summed E-state index contributed by atoms with van der Waals surface area (Å²) in [4.78, 5) is 15.7. The summed E-state index contributed by atoms with van der Waals surface area (Å²) in [5.41, 5.74) is 0. The van der Waals surface area contributed by atoms with Crippen molar-refractivity contribution in [3.63, 3.8) is 0 Å². The van der Waals surface area contributed by atoms with Crippen LogP contribution in [0.15, 0.2) is 4.99 Å². The Hall–Kier alpha value is -1.06. The van der Waals surface area contributed by atoms with Gasteiger partial charge in [0.25, 0.3) is 0 Å². The molecule has 0 bridgehead atoms. The fourth-order valence-corrected chi connectivity index (χ4v) is 1.44. The van der Waals surface area contributed by atoms with Crippen LogP contribution in [0.2, 0.25) is 0 Å². The maximum atomic E-state index is 11.6. The molecule has 0 aromatic carbocycles. The molecule has 1 rings (SSSR count). The summed E-state index contributed by atoms with van der Waals surface area (Å²) in [5.74, 6) is 1.46. The molecule has 2 atom stereocenters. The lowest BCUT2D eigenvalue weighted by Gasteiger charge is -2.20. The van der Waals surface area contributed by atoms with E-state index in [4.69, 9.17) is 0 Å². The van der Waals surface area contributed by atoms with E-state index in [1.54, 1.807) is 0 Å². The Kier molecular flexibility index (Phi) is 3.49. The van der Waals surface area contributed by atoms with E-state index in [9.17, 15) is 4.79 Å². The molecule has 0 radical (unpaired) electrons. The predicted octanol–water partition coefficient (Wildman–Crippen LogP) is 0.742. The van der Waals surface area contributed by atoms with Gasteiger partial charge in [-0.3, -0.25) is 15.1 Å². The Morgan fingerprint density at radius 2 is 2.07 bits per heavy atom. The van der Waals surface area contributed by atoms with Gasteiger partial charge >= 0.3 is 0 Å². The summed E-state index contributed by atoms with van der Waals surface area (Å²) in [6.07, 6.45) is 0. The highest BCUT2D eigenvalue weighted by molar-refractivity contribution is 6.06. The second-order valence-electron chi connectivity index (χ2n) is 4.04. The summed E-state index contributed by atoms with van der Waals surface area (Å²) >= 11 is 0. The Morgan fingerprint density at radius 3 is 2.57 bits per heavy atom. The molecule has 1 amide bonds. The van der Waals surface area contributed by atoms with Gasteiger partial charge in [-0.2, -0.15) is 0 Å². The average Bonchev–Trinajstić information content (AvgIpc) is 2.46. The molecule has 0 aromatic rings. The van der Waals surface area contributed by atoms with E-state index in [2.05, 4.69) is 36.4 Å². The number of guanidine groups is 1. The molecule has 80 valence electrons. The second-order valence-corrected chi connectivity index (χ2v) is 4.04. The molecule has 2 unspecified atom stereocenters. The molecular weight excluding hydrogens is 178 g/mol. The molecule has 1 aliphatic heterocycles. The van der Waals surface area contributed by atoms with Gasteiger partial charge in [0, 0.05) is 6.54 Å². The van der Waals surface area contributed by atoms with Gasteiger partial charge in [-0.25, -0.2) is 0 Å². The van der Waals surface area contributed by atoms with Crippen LogP contribution in [0.1, 0.15) is 27.7 Å². The number of hydrogen-bond donors (Lipinski definition) is 2. The van der Waals surface area contributed by atoms with Crippen LogP contribution in [0.3, 0.4) is 0 Å². The van der Waals surface area contributed by atoms with Crippen LogP contribution < -0.4 is 10.6 Å². The van der Waals surface area contributed by atoms with Crippen LogP contribution in [0, 0.1) is 11.8 Å². The third-order valence-electron chi connectivity index (χ3n) is 2.71. The van der Waals surface area contributed by atoms with E-state index >= 15 is 0 Å². The van der Waals surface area contributed by atoms with Crippen molar-refractivity contribution >= 4 is 11.9 Å². The third kappa shape index (κ3) is 2.25. The Bertz CT molecular complexity index is 248. The zero-order valence-corrected chi connectivity index (χ0v) is 9.29. The van der Waals surface area contributed by atoms with Gasteiger partial charge in [-0.15, -0.1) is 0 Å². The highest BCUT2D eigenvalue weighted by Gasteiger charge is 2.33. The van der Waals surface area contributed by atoms with Crippen molar-refractivity contribution in [3.05, 3.63) is 0 Å². The van der Waals surface area contributed by atoms with Crippen LogP contribution >= 0.6 is 0 Å². The number of nitrogens with zero attached hydrogens (tertiary/aromatic N) is 1. The molecule has 0 spiro atoms. The van der Waals surface area contributed by atoms with Crippen LogP contribution in [-0.4, -0.2) is 24.5 Å². The zero-order chi connectivity index (χ0) is 10.7. The standard InChI is InChI=1S/C10H19N3O/c1-5-11-10-12-8(9(14)13-10)7(4)6(2)3/h6-8H,5H2,1-4H3,(H2,11,12,13,14). The van der Waals surface area contributed by atoms with Gasteiger partial charge in [0.05, 0.1) is 0 Å². The maximum Gasteiger partial charge on any atom is 0.249 e. The summed E-state index contributed by atoms with van der Waals surface area (Å²) in [7, 11) is 0. The Morgan fingerprint density at radius 1 is 1.43 bits per heavy atom. The largest absolute Gasteiger partial charge is 0.344 e. The molecule has 1 saturated heterocycles. The first-order valence-corrected chi connectivity index (χ1v) is 5.18. The molecule has 4 heteroatoms. The molecule has 4 nitrogen and oxygen atoms in total. The Balaban J connectivity index is 2.65. The highest BCUT2D eigenvalue weighted by atomic mass is 16.2. The molecule has 1 heterocycles. The van der Waals surface area contributed by atoms with E-state index in [1.165, 1.54) is 0 Å². The van der Waals surface area contributed by atoms with Crippen molar-refractivity contribution in [2.24, 2.45) is 16.8 Å². The second kappa shape index (κ2) is 4.44. The van der Waals surface area contributed by atoms with Gasteiger partial charge < -0.3 is 5.32 Å². The SMILES string of the molecule is CCN=C1NC(=O)C(C(C)C(C)C)N1. The fraction of sp³-hybridized carbons (Fsp3) is 0.800. The molecule has 0 aromatic heterocycles. The lowest BCUT2D eigenvalue weighted by atomic mass is 9.90. The molecule has 0 saturated carbocycles. The van der Waals surface area contributed by atoms with Crippen LogP contribution in [0.25, 0.3) is 0 Å². The molecule has 1 aliphatic rings. The van der Waals surface area contributed by atoms with Gasteiger partial charge in [0.2, 0.25) is 5.91 Å². The third-order valence-corrected chi connectivity index (χ3v) is 2.71. The van der Waals surface area contributed by atoms with E-state index < -0.39 is 0 Å². The van der Waals surface area contributed by atoms with Crippen LogP contribution in [0.4, 0.5) is 0 Å². The quantitative estimate of drug-likeness (QED) is 0.701. The monoisotopic (exact) mass is 197 g/mol. The van der Waals surface area contributed by atoms with Crippen molar-refractivity contribution < 1.29 is 4.79 Å². The fourth-order valence-electron chi connectivity index (χ4n) is 1.44. The first kappa shape index (κ1) is 11.0. The lowest BCUT2D eigenvalue weighted by Crippen LogP contribution is -2.38. The smallest absolute Gasteiger partial charge is 0.249 e. The van der Waals surface area contributed by atoms with Crippen LogP contribution in [0.5, 0.6) is 0 Å². The van der Waals surface area contributed by atoms with Crippen molar-refractivity contribution in [1.82, 2.24) is 10.6 Å². The Labute approximate surface area is 85.2 Å². The lowest BCUT2D eigenvalue weighted by molar-refractivity contribution is -0.121. The molecule has 1 fully saturated rings. The summed E-state index contributed by atoms with van der Waals surface area (Å²) in [6, 6.07) is -0.125. The van der Waals surface area contributed by atoms with Gasteiger partial charge in [-0.1, -0.05) is 20.8 Å². The average molecular weight is 197 g/mol. The van der Waals surface area contributed by atoms with Crippen molar-refractivity contribution in [3.8, 4) is 0 Å². The normalized spacial score (nSPS) is 26.5. The number of rotatable bonds is 3. The zero-order valence-electron chi connectivity index (χ0n) is 9.29. The maximum absolute atomic E-state index is 11.6. The first-order valence-electron chi connectivity index (χ1n) is 5.18. The van der Waals surface area contributed by atoms with E-state index in [0.29, 0.717) is 24.3 Å². The number of carbonyl (C=O) groups is 1. The van der Waals surface area contributed by atoms with Gasteiger partial charge in [0.1, 0.15) is 6.04 Å². The summed E-state index contributed by atoms with van der Waals surface area (Å²) in [5, 5.41) is 5.85. The number of carbonyl (C=O) groups excluding carboxylic acids is 1. The number of nitrogens with one attached hydrogen (secondary N) is 2. The summed E-state index contributed by atoms with van der Waals surface area (Å²) < 4.78 is 0. The van der Waals surface area contributed by atoms with Crippen molar-refractivity contribution in [2.45, 2.75) is 33.7 Å². The number of aliphatic imine (C=N–C) groups is 1. The molecule has 2 N–H and O–H groups in total. The van der Waals surface area contributed by atoms with Gasteiger partial charge in [-0.05, 0) is 18.8 Å². The minimum Gasteiger partial charge on any atom is -0.344 e. The number of amides is 1. The predicted molar refractivity (Wildman–Crippen MR) is 57.0 cm³/mol. The first-order chi connectivity index (χ1) is 6.56. The minimum absolute atomic E-state index is 0.0402. The molecular formula is C10H19N3O.